The van der Waals surface area contributed by atoms with E-state index in [9.17, 15) is 4.79 Å². The fourth-order valence-electron chi connectivity index (χ4n) is 3.92. The van der Waals surface area contributed by atoms with E-state index in [0.717, 1.165) is 59.9 Å². The summed E-state index contributed by atoms with van der Waals surface area (Å²) in [5.74, 6) is 1.89. The van der Waals surface area contributed by atoms with Gasteiger partial charge < -0.3 is 9.64 Å². The summed E-state index contributed by atoms with van der Waals surface area (Å²) in [5.41, 5.74) is 3.44. The monoisotopic (exact) mass is 337 g/mol. The fourth-order valence-corrected chi connectivity index (χ4v) is 3.92. The van der Waals surface area contributed by atoms with Crippen LogP contribution in [0.1, 0.15) is 46.4 Å². The molecule has 0 atom stereocenters. The van der Waals surface area contributed by atoms with Crippen molar-refractivity contribution in [2.24, 2.45) is 0 Å². The van der Waals surface area contributed by atoms with Crippen LogP contribution in [0, 0.1) is 20.8 Å². The van der Waals surface area contributed by atoms with Gasteiger partial charge in [0.05, 0.1) is 17.7 Å². The van der Waals surface area contributed by atoms with Crippen LogP contribution < -0.4 is 9.64 Å². The van der Waals surface area contributed by atoms with Gasteiger partial charge in [-0.2, -0.15) is 5.10 Å². The van der Waals surface area contributed by atoms with Gasteiger partial charge in [0.1, 0.15) is 11.4 Å². The van der Waals surface area contributed by atoms with Crippen LogP contribution in [-0.4, -0.2) is 34.7 Å². The molecule has 130 valence electrons. The Hall–Kier alpha value is -2.43. The zero-order chi connectivity index (χ0) is 17.6. The van der Waals surface area contributed by atoms with Crippen LogP contribution in [0.25, 0.3) is 0 Å². The fraction of sp³-hybridized carbons (Fsp3) is 0.450. The predicted octanol–water partition coefficient (Wildman–Crippen LogP) is 3.41. The summed E-state index contributed by atoms with van der Waals surface area (Å²) in [6.45, 7) is 7.63. The van der Waals surface area contributed by atoms with Gasteiger partial charge in [-0.15, -0.1) is 5.10 Å². The highest BCUT2D eigenvalue weighted by Gasteiger charge is 2.43. The molecule has 1 spiro atoms. The van der Waals surface area contributed by atoms with Gasteiger partial charge in [0.2, 0.25) is 0 Å². The molecule has 1 aromatic carbocycles. The number of carbonyl (C=O) groups excluding carboxylic acids is 1. The molecule has 25 heavy (non-hydrogen) atoms. The molecule has 5 heteroatoms. The van der Waals surface area contributed by atoms with E-state index in [1.807, 2.05) is 39.0 Å². The van der Waals surface area contributed by atoms with Crippen LogP contribution in [0.4, 0.5) is 5.82 Å². The third-order valence-corrected chi connectivity index (χ3v) is 5.30. The minimum absolute atomic E-state index is 0.205. The Morgan fingerprint density at radius 2 is 1.84 bits per heavy atom. The van der Waals surface area contributed by atoms with Gasteiger partial charge in [-0.1, -0.05) is 6.07 Å². The predicted molar refractivity (Wildman–Crippen MR) is 96.4 cm³/mol. The largest absolute Gasteiger partial charge is 0.486 e. The second-order valence-corrected chi connectivity index (χ2v) is 7.36. The third kappa shape index (κ3) is 2.88. The molecule has 5 nitrogen and oxygen atoms in total. The number of ether oxygens (including phenoxy) is 1. The molecule has 1 aromatic heterocycles. The number of Topliss-reactive ketones (excluding diaryl/α,β-unsaturated/α-hetero) is 1. The number of anilines is 1. The summed E-state index contributed by atoms with van der Waals surface area (Å²) in [7, 11) is 0. The molecule has 0 amide bonds. The van der Waals surface area contributed by atoms with Crippen LogP contribution in [0.2, 0.25) is 0 Å². The maximum absolute atomic E-state index is 12.7. The molecular weight excluding hydrogens is 314 g/mol. The van der Waals surface area contributed by atoms with Crippen molar-refractivity contribution in [3.05, 3.63) is 46.6 Å². The smallest absolute Gasteiger partial charge is 0.170 e. The van der Waals surface area contributed by atoms with Gasteiger partial charge in [0, 0.05) is 25.9 Å². The first-order valence-electron chi connectivity index (χ1n) is 8.85. The highest BCUT2D eigenvalue weighted by molar-refractivity contribution is 6.01. The molecule has 4 rings (SSSR count). The number of hydrogen-bond acceptors (Lipinski definition) is 5. The van der Waals surface area contributed by atoms with Crippen molar-refractivity contribution in [3.63, 3.8) is 0 Å². The number of aryl methyl sites for hydroxylation is 3. The second kappa shape index (κ2) is 5.83. The van der Waals surface area contributed by atoms with Crippen molar-refractivity contribution in [1.29, 1.82) is 0 Å². The summed E-state index contributed by atoms with van der Waals surface area (Å²) in [6.07, 6.45) is 2.11. The Morgan fingerprint density at radius 1 is 1.08 bits per heavy atom. The van der Waals surface area contributed by atoms with E-state index in [4.69, 9.17) is 4.74 Å². The lowest BCUT2D eigenvalue weighted by Crippen LogP contribution is -2.51. The lowest BCUT2D eigenvalue weighted by molar-refractivity contribution is 0.0225. The van der Waals surface area contributed by atoms with E-state index >= 15 is 0 Å². The number of benzene rings is 1. The minimum Gasteiger partial charge on any atom is -0.486 e. The van der Waals surface area contributed by atoms with E-state index in [0.29, 0.717) is 6.42 Å². The van der Waals surface area contributed by atoms with E-state index in [-0.39, 0.29) is 11.4 Å². The summed E-state index contributed by atoms with van der Waals surface area (Å²) in [5, 5.41) is 8.42. The maximum Gasteiger partial charge on any atom is 0.170 e. The molecule has 0 aliphatic carbocycles. The molecule has 3 heterocycles. The first kappa shape index (κ1) is 16.1. The van der Waals surface area contributed by atoms with Crippen LogP contribution >= 0.6 is 0 Å². The van der Waals surface area contributed by atoms with E-state index in [1.54, 1.807) is 0 Å². The summed E-state index contributed by atoms with van der Waals surface area (Å²) in [6, 6.07) is 8.03. The Labute approximate surface area is 148 Å². The van der Waals surface area contributed by atoms with Gasteiger partial charge in [0.15, 0.2) is 11.6 Å². The number of rotatable bonds is 1. The molecule has 0 unspecified atom stereocenters. The zero-order valence-electron chi connectivity index (χ0n) is 15.0. The Balaban J connectivity index is 1.55. The minimum atomic E-state index is -0.376. The first-order valence-corrected chi connectivity index (χ1v) is 8.85. The van der Waals surface area contributed by atoms with Crippen LogP contribution in [0.5, 0.6) is 5.75 Å². The van der Waals surface area contributed by atoms with Gasteiger partial charge in [-0.3, -0.25) is 4.79 Å². The lowest BCUT2D eigenvalue weighted by Gasteiger charge is -2.44. The number of carbonyl (C=O) groups is 1. The SMILES string of the molecule is Cc1cc(C)c2c(c1)C(=O)CC1(CCN(c3ccc(C)nn3)CC1)O2. The summed E-state index contributed by atoms with van der Waals surface area (Å²) < 4.78 is 6.44. The second-order valence-electron chi connectivity index (χ2n) is 7.36. The van der Waals surface area contributed by atoms with E-state index in [1.165, 1.54) is 0 Å². The highest BCUT2D eigenvalue weighted by atomic mass is 16.5. The number of piperidine rings is 1. The Kier molecular flexibility index (Phi) is 3.74. The molecule has 2 aliphatic rings. The van der Waals surface area contributed by atoms with Crippen molar-refractivity contribution < 1.29 is 9.53 Å². The van der Waals surface area contributed by atoms with E-state index in [2.05, 4.69) is 21.2 Å². The topological polar surface area (TPSA) is 55.3 Å². The number of aromatic nitrogens is 2. The van der Waals surface area contributed by atoms with Crippen molar-refractivity contribution in [2.45, 2.75) is 45.6 Å². The number of fused-ring (bicyclic) bond motifs is 1. The Bertz CT molecular complexity index is 822. The molecule has 0 saturated carbocycles. The van der Waals surface area contributed by atoms with Crippen molar-refractivity contribution in [3.8, 4) is 5.75 Å². The van der Waals surface area contributed by atoms with E-state index < -0.39 is 0 Å². The standard InChI is InChI=1S/C20H23N3O2/c1-13-10-14(2)19-16(11-13)17(24)12-20(25-19)6-8-23(9-7-20)18-5-4-15(3)21-22-18/h4-5,10-11H,6-9,12H2,1-3H3. The molecule has 1 saturated heterocycles. The molecule has 0 bridgehead atoms. The average Bonchev–Trinajstić information content (AvgIpc) is 2.58. The zero-order valence-corrected chi connectivity index (χ0v) is 15.0. The van der Waals surface area contributed by atoms with Crippen LogP contribution in [0.3, 0.4) is 0 Å². The third-order valence-electron chi connectivity index (χ3n) is 5.30. The quantitative estimate of drug-likeness (QED) is 0.798. The maximum atomic E-state index is 12.7. The van der Waals surface area contributed by atoms with Gasteiger partial charge in [0.25, 0.3) is 0 Å². The number of nitrogens with zero attached hydrogens (tertiary/aromatic N) is 3. The van der Waals surface area contributed by atoms with Crippen LogP contribution in [-0.2, 0) is 0 Å². The number of hydrogen-bond donors (Lipinski definition) is 0. The molecule has 1 fully saturated rings. The lowest BCUT2D eigenvalue weighted by atomic mass is 9.81. The first-order chi connectivity index (χ1) is 12.0. The molecule has 2 aliphatic heterocycles. The van der Waals surface area contributed by atoms with Gasteiger partial charge in [-0.05, 0) is 50.1 Å². The van der Waals surface area contributed by atoms with Gasteiger partial charge in [-0.25, -0.2) is 0 Å². The van der Waals surface area contributed by atoms with Crippen molar-refractivity contribution in [1.82, 2.24) is 10.2 Å². The Morgan fingerprint density at radius 3 is 2.52 bits per heavy atom. The van der Waals surface area contributed by atoms with Gasteiger partial charge >= 0.3 is 0 Å². The van der Waals surface area contributed by atoms with Crippen molar-refractivity contribution >= 4 is 11.6 Å². The van der Waals surface area contributed by atoms with Crippen LogP contribution in [0.15, 0.2) is 24.3 Å². The number of ketones is 1. The van der Waals surface area contributed by atoms with Crippen molar-refractivity contribution in [2.75, 3.05) is 18.0 Å². The molecule has 0 radical (unpaired) electrons. The molecule has 2 aromatic rings. The average molecular weight is 337 g/mol. The summed E-state index contributed by atoms with van der Waals surface area (Å²) >= 11 is 0. The normalized spacial score (nSPS) is 18.8. The highest BCUT2D eigenvalue weighted by Crippen LogP contribution is 2.41. The molecular formula is C20H23N3O2. The summed E-state index contributed by atoms with van der Waals surface area (Å²) in [4.78, 5) is 15.0. The molecule has 0 N–H and O–H groups in total.